The zero-order chi connectivity index (χ0) is 45.0. The minimum atomic E-state index is -5.16. The van der Waals surface area contributed by atoms with E-state index < -0.39 is 118 Å². The van der Waals surface area contributed by atoms with Gasteiger partial charge in [-0.3, -0.25) is 28.2 Å². The molecule has 0 saturated heterocycles. The summed E-state index contributed by atoms with van der Waals surface area (Å²) in [7, 11) is -2.61. The van der Waals surface area contributed by atoms with Crippen LogP contribution in [0, 0.1) is 17.6 Å². The molecule has 0 unspecified atom stereocenters. The van der Waals surface area contributed by atoms with Gasteiger partial charge in [-0.1, -0.05) is 11.6 Å². The highest BCUT2D eigenvalue weighted by molar-refractivity contribution is 7.92. The number of benzene rings is 2. The summed E-state index contributed by atoms with van der Waals surface area (Å²) in [5, 5.41) is 14.5. The number of nitrogens with zero attached hydrogens (tertiary/aromatic N) is 7. The Bertz CT molecular complexity index is 2970. The maximum atomic E-state index is 15.5. The van der Waals surface area contributed by atoms with E-state index in [0.29, 0.717) is 13.0 Å². The summed E-state index contributed by atoms with van der Waals surface area (Å²) in [4.78, 5) is 28.8. The van der Waals surface area contributed by atoms with Gasteiger partial charge in [0, 0.05) is 43.5 Å². The molecule has 62 heavy (non-hydrogen) atoms. The lowest BCUT2D eigenvalue weighted by molar-refractivity contribution is -0.142. The molecule has 4 heterocycles. The number of sulfonamides is 1. The second-order valence-corrected chi connectivity index (χ2v) is 17.4. The Morgan fingerprint density at radius 1 is 1.05 bits per heavy atom. The average molecular weight is 920 g/mol. The van der Waals surface area contributed by atoms with Crippen LogP contribution in [0.3, 0.4) is 0 Å². The van der Waals surface area contributed by atoms with Crippen LogP contribution in [0.15, 0.2) is 47.3 Å². The van der Waals surface area contributed by atoms with Crippen molar-refractivity contribution in [1.29, 1.82) is 0 Å². The van der Waals surface area contributed by atoms with E-state index in [1.54, 1.807) is 0 Å². The fraction of sp³-hybridized carbons (Fsp3) is 0.378. The van der Waals surface area contributed by atoms with Gasteiger partial charge >= 0.3 is 6.18 Å². The Hall–Kier alpha value is -5.78. The monoisotopic (exact) mass is 919 g/mol. The lowest BCUT2D eigenvalue weighted by Crippen LogP contribution is -2.39. The molecule has 0 bridgehead atoms. The third kappa shape index (κ3) is 7.81. The van der Waals surface area contributed by atoms with Gasteiger partial charge in [0.1, 0.15) is 29.4 Å². The Kier molecular flexibility index (Phi) is 10.1. The van der Waals surface area contributed by atoms with E-state index in [9.17, 15) is 48.7 Å². The molecule has 6 aromatic rings. The van der Waals surface area contributed by atoms with E-state index in [-0.39, 0.29) is 55.5 Å². The van der Waals surface area contributed by atoms with E-state index in [1.165, 1.54) is 31.3 Å². The fourth-order valence-electron chi connectivity index (χ4n) is 7.87. The van der Waals surface area contributed by atoms with Crippen LogP contribution in [0.1, 0.15) is 60.1 Å². The Labute approximate surface area is 348 Å². The first-order valence-corrected chi connectivity index (χ1v) is 20.7. The minimum absolute atomic E-state index is 0.0131. The van der Waals surface area contributed by atoms with E-state index in [2.05, 4.69) is 25.3 Å². The molecule has 3 atom stereocenters. The summed E-state index contributed by atoms with van der Waals surface area (Å²) in [5.74, 6) is -13.9. The van der Waals surface area contributed by atoms with Gasteiger partial charge in [-0.15, -0.1) is 5.10 Å². The molecule has 0 spiro atoms. The van der Waals surface area contributed by atoms with E-state index in [0.717, 1.165) is 32.2 Å². The molecule has 4 aromatic heterocycles. The second kappa shape index (κ2) is 14.7. The van der Waals surface area contributed by atoms with Crippen molar-refractivity contribution in [3.8, 4) is 11.6 Å². The molecule has 8 rings (SSSR count). The first kappa shape index (κ1) is 42.9. The van der Waals surface area contributed by atoms with E-state index in [1.807, 2.05) is 0 Å². The van der Waals surface area contributed by atoms with Crippen molar-refractivity contribution < 1.29 is 57.5 Å². The number of alkyl halides is 7. The first-order chi connectivity index (χ1) is 28.8. The number of nitrogens with one attached hydrogen (secondary N) is 2. The van der Waals surface area contributed by atoms with Crippen LogP contribution in [0.4, 0.5) is 45.3 Å². The SMILES string of the molecule is Cn1nc(NS(C)(=O)=O)c2c(Cl)ccc(-n3c([C@H](Cc4cc(F)cc(F)c4)NC(=O)Cn4nc(C(F)(F)F)c5c4C(F)(F)[C@@H]4C[C@H]54)nn4c(OCCC(C)(F)F)ccc4c3=O)c21. The number of hydrogen-bond acceptors (Lipinski definition) is 8. The number of hydrogen-bond donors (Lipinski definition) is 2. The van der Waals surface area contributed by atoms with Crippen LogP contribution in [0.2, 0.25) is 5.02 Å². The largest absolute Gasteiger partial charge is 0.477 e. The fourth-order valence-corrected chi connectivity index (χ4v) is 8.61. The van der Waals surface area contributed by atoms with Crippen molar-refractivity contribution >= 4 is 49.8 Å². The quantitative estimate of drug-likeness (QED) is 0.122. The number of carbonyl (C=O) groups is 1. The zero-order valence-corrected chi connectivity index (χ0v) is 33.7. The summed E-state index contributed by atoms with van der Waals surface area (Å²) < 4.78 is 166. The van der Waals surface area contributed by atoms with Crippen molar-refractivity contribution in [2.45, 2.75) is 62.7 Å². The van der Waals surface area contributed by atoms with Gasteiger partial charge in [-0.25, -0.2) is 26.0 Å². The number of ether oxygens (including phenoxy) is 1. The number of amides is 1. The molecule has 2 N–H and O–H groups in total. The van der Waals surface area contributed by atoms with Gasteiger partial charge in [0.2, 0.25) is 27.7 Å². The third-order valence-electron chi connectivity index (χ3n) is 10.4. The van der Waals surface area contributed by atoms with E-state index >= 15 is 8.78 Å². The summed E-state index contributed by atoms with van der Waals surface area (Å²) in [6, 6.07) is 5.54. The molecule has 2 aliphatic rings. The molecule has 1 fully saturated rings. The molecule has 2 aliphatic carbocycles. The second-order valence-electron chi connectivity index (χ2n) is 15.2. The van der Waals surface area contributed by atoms with Crippen molar-refractivity contribution in [1.82, 2.24) is 39.1 Å². The molecule has 330 valence electrons. The molecule has 1 amide bonds. The van der Waals surface area contributed by atoms with Gasteiger partial charge in [-0.2, -0.15) is 36.7 Å². The summed E-state index contributed by atoms with van der Waals surface area (Å²) in [6.45, 7) is -1.16. The van der Waals surface area contributed by atoms with Gasteiger partial charge in [0.25, 0.3) is 11.5 Å². The van der Waals surface area contributed by atoms with E-state index in [4.69, 9.17) is 16.3 Å². The smallest absolute Gasteiger partial charge is 0.435 e. The van der Waals surface area contributed by atoms with Crippen molar-refractivity contribution in [2.24, 2.45) is 13.0 Å². The summed E-state index contributed by atoms with van der Waals surface area (Å²) >= 11 is 6.54. The third-order valence-corrected chi connectivity index (χ3v) is 11.3. The van der Waals surface area contributed by atoms with Gasteiger partial charge in [0.05, 0.1) is 40.5 Å². The Balaban J connectivity index is 1.32. The Morgan fingerprint density at radius 2 is 1.74 bits per heavy atom. The topological polar surface area (TPSA) is 159 Å². The number of carbonyl (C=O) groups excluding carboxylic acids is 1. The number of anilines is 1. The Morgan fingerprint density at radius 3 is 2.39 bits per heavy atom. The molecular formula is C37H31ClF9N9O5S. The predicted molar refractivity (Wildman–Crippen MR) is 202 cm³/mol. The highest BCUT2D eigenvalue weighted by Crippen LogP contribution is 2.68. The lowest BCUT2D eigenvalue weighted by Gasteiger charge is -2.24. The van der Waals surface area contributed by atoms with Gasteiger partial charge in [-0.05, 0) is 55.2 Å². The maximum Gasteiger partial charge on any atom is 0.435 e. The normalized spacial score (nSPS) is 17.6. The van der Waals surface area contributed by atoms with Crippen molar-refractivity contribution in [2.75, 3.05) is 17.6 Å². The average Bonchev–Trinajstić information content (AvgIpc) is 3.39. The predicted octanol–water partition coefficient (Wildman–Crippen LogP) is 6.62. The van der Waals surface area contributed by atoms with Gasteiger partial charge in [0.15, 0.2) is 17.3 Å². The molecular weight excluding hydrogens is 889 g/mol. The standard InChI is InChI=1S/C37H31ClF9N9O5S/c1-35(41,42)8-9-61-26-7-6-24-34(58)55(23-5-4-21(38)28-29(23)53(2)50-32(28)52-62(3,59)60)33(51-56(24)26)22(12-16-10-17(39)13-18(40)11-16)48-25(57)15-54-31-27(30(49-54)37(45,46)47)19-14-20(19)36(31,43)44/h4-7,10-11,13,19-20,22H,8-9,12,14-15H2,1-3H3,(H,48,57)(H,50,52)/t19-,20+,22-/m0/s1. The van der Waals surface area contributed by atoms with Crippen LogP contribution in [-0.2, 0) is 46.9 Å². The number of aromatic nitrogens is 7. The molecule has 25 heteroatoms. The van der Waals surface area contributed by atoms with Gasteiger partial charge < -0.3 is 10.1 Å². The van der Waals surface area contributed by atoms with Crippen LogP contribution >= 0.6 is 11.6 Å². The van der Waals surface area contributed by atoms with Crippen molar-refractivity contribution in [3.05, 3.63) is 97.8 Å². The molecule has 2 aromatic carbocycles. The van der Waals surface area contributed by atoms with Crippen LogP contribution < -0.4 is 20.3 Å². The number of halogens is 10. The van der Waals surface area contributed by atoms with Crippen molar-refractivity contribution in [3.63, 3.8) is 0 Å². The number of fused-ring (bicyclic) bond motifs is 5. The molecule has 14 nitrogen and oxygen atoms in total. The molecule has 0 radical (unpaired) electrons. The highest BCUT2D eigenvalue weighted by Gasteiger charge is 2.68. The number of aryl methyl sites for hydroxylation is 1. The lowest BCUT2D eigenvalue weighted by atomic mass is 10.0. The zero-order valence-electron chi connectivity index (χ0n) is 32.2. The summed E-state index contributed by atoms with van der Waals surface area (Å²) in [5.41, 5.74) is -4.93. The first-order valence-electron chi connectivity index (χ1n) is 18.4. The van der Waals surface area contributed by atoms with Crippen LogP contribution in [-0.4, -0.2) is 66.9 Å². The summed E-state index contributed by atoms with van der Waals surface area (Å²) in [6.07, 6.45) is -5.94. The minimum Gasteiger partial charge on any atom is -0.477 e. The maximum absolute atomic E-state index is 15.5. The van der Waals surface area contributed by atoms with Crippen LogP contribution in [0.5, 0.6) is 5.88 Å². The molecule has 0 aliphatic heterocycles. The van der Waals surface area contributed by atoms with Crippen LogP contribution in [0.25, 0.3) is 22.1 Å². The number of rotatable bonds is 13. The highest BCUT2D eigenvalue weighted by atomic mass is 35.5. The molecule has 1 saturated carbocycles.